The van der Waals surface area contributed by atoms with Crippen molar-refractivity contribution in [2.75, 3.05) is 18.1 Å². The van der Waals surface area contributed by atoms with E-state index in [9.17, 15) is 22.0 Å². The Morgan fingerprint density at radius 2 is 1.82 bits per heavy atom. The molecular formula is C20H20F2N2O3S. The predicted molar refractivity (Wildman–Crippen MR) is 101 cm³/mol. The van der Waals surface area contributed by atoms with Gasteiger partial charge in [0.05, 0.1) is 6.26 Å². The van der Waals surface area contributed by atoms with Crippen molar-refractivity contribution < 1.29 is 22.0 Å². The molecule has 2 atom stereocenters. The van der Waals surface area contributed by atoms with Crippen molar-refractivity contribution >= 4 is 21.6 Å². The Morgan fingerprint density at radius 3 is 2.50 bits per heavy atom. The molecule has 1 amide bonds. The van der Waals surface area contributed by atoms with Crippen molar-refractivity contribution in [1.82, 2.24) is 4.31 Å². The van der Waals surface area contributed by atoms with Crippen LogP contribution >= 0.6 is 0 Å². The largest absolute Gasteiger partial charge is 0.326 e. The number of nitrogens with zero attached hydrogens (tertiary/aromatic N) is 1. The first-order valence-corrected chi connectivity index (χ1v) is 10.9. The van der Waals surface area contributed by atoms with E-state index >= 15 is 0 Å². The summed E-state index contributed by atoms with van der Waals surface area (Å²) in [5, 5.41) is 2.87. The number of carbonyl (C=O) groups is 1. The quantitative estimate of drug-likeness (QED) is 0.849. The van der Waals surface area contributed by atoms with E-state index in [-0.39, 0.29) is 18.0 Å². The summed E-state index contributed by atoms with van der Waals surface area (Å²) in [5.41, 5.74) is 2.36. The van der Waals surface area contributed by atoms with Gasteiger partial charge in [-0.15, -0.1) is 0 Å². The Kier molecular flexibility index (Phi) is 4.71. The second-order valence-electron chi connectivity index (χ2n) is 7.36. The molecule has 1 aliphatic carbocycles. The number of hydrogen-bond donors (Lipinski definition) is 1. The number of nitrogens with one attached hydrogen (secondary N) is 1. The SMILES string of the molecule is CS(=O)(=O)N1CCc2c(cccc2NC(=O)C2CC2c2c(F)cccc2F)C1. The molecule has 8 heteroatoms. The smallest absolute Gasteiger partial charge is 0.228 e. The van der Waals surface area contributed by atoms with Crippen molar-refractivity contribution in [1.29, 1.82) is 0 Å². The molecule has 2 aliphatic rings. The van der Waals surface area contributed by atoms with E-state index in [2.05, 4.69) is 5.32 Å². The molecule has 5 nitrogen and oxygen atoms in total. The molecule has 4 rings (SSSR count). The molecule has 0 bridgehead atoms. The molecule has 2 unspecified atom stereocenters. The summed E-state index contributed by atoms with van der Waals surface area (Å²) < 4.78 is 52.8. The number of hydrogen-bond acceptors (Lipinski definition) is 3. The molecule has 0 saturated heterocycles. The highest BCUT2D eigenvalue weighted by Gasteiger charge is 2.46. The van der Waals surface area contributed by atoms with Gasteiger partial charge in [0.2, 0.25) is 15.9 Å². The number of carbonyl (C=O) groups excluding carboxylic acids is 1. The van der Waals surface area contributed by atoms with Crippen LogP contribution in [0.2, 0.25) is 0 Å². The second-order valence-corrected chi connectivity index (χ2v) is 9.35. The van der Waals surface area contributed by atoms with E-state index in [1.54, 1.807) is 12.1 Å². The Hall–Kier alpha value is -2.32. The lowest BCUT2D eigenvalue weighted by molar-refractivity contribution is -0.117. The van der Waals surface area contributed by atoms with Gasteiger partial charge in [0.1, 0.15) is 11.6 Å². The van der Waals surface area contributed by atoms with Gasteiger partial charge in [-0.05, 0) is 42.2 Å². The van der Waals surface area contributed by atoms with Gasteiger partial charge >= 0.3 is 0 Å². The fourth-order valence-electron chi connectivity index (χ4n) is 3.88. The van der Waals surface area contributed by atoms with E-state index in [0.717, 1.165) is 11.1 Å². The Bertz CT molecular complexity index is 1040. The molecule has 1 saturated carbocycles. The number of anilines is 1. The molecule has 2 aromatic rings. The van der Waals surface area contributed by atoms with Crippen LogP contribution in [-0.4, -0.2) is 31.4 Å². The van der Waals surface area contributed by atoms with Crippen LogP contribution in [0.5, 0.6) is 0 Å². The maximum Gasteiger partial charge on any atom is 0.228 e. The Morgan fingerprint density at radius 1 is 1.14 bits per heavy atom. The van der Waals surface area contributed by atoms with Crippen LogP contribution in [0.1, 0.15) is 29.0 Å². The molecule has 1 heterocycles. The monoisotopic (exact) mass is 406 g/mol. The zero-order valence-corrected chi connectivity index (χ0v) is 16.1. The fraction of sp³-hybridized carbons (Fsp3) is 0.350. The summed E-state index contributed by atoms with van der Waals surface area (Å²) >= 11 is 0. The number of fused-ring (bicyclic) bond motifs is 1. The van der Waals surface area contributed by atoms with Gasteiger partial charge in [0.25, 0.3) is 0 Å². The highest BCUT2D eigenvalue weighted by molar-refractivity contribution is 7.88. The van der Waals surface area contributed by atoms with Crippen LogP contribution in [-0.2, 0) is 27.8 Å². The van der Waals surface area contributed by atoms with Gasteiger partial charge in [-0.2, -0.15) is 4.31 Å². The zero-order chi connectivity index (χ0) is 20.1. The number of rotatable bonds is 4. The first kappa shape index (κ1) is 19.0. The van der Waals surface area contributed by atoms with E-state index < -0.39 is 33.5 Å². The first-order valence-electron chi connectivity index (χ1n) is 9.06. The van der Waals surface area contributed by atoms with Gasteiger partial charge < -0.3 is 5.32 Å². The number of amides is 1. The molecule has 28 heavy (non-hydrogen) atoms. The molecular weight excluding hydrogens is 386 g/mol. The molecule has 1 fully saturated rings. The lowest BCUT2D eigenvalue weighted by Gasteiger charge is -2.28. The normalized spacial score (nSPS) is 21.8. The maximum atomic E-state index is 13.9. The van der Waals surface area contributed by atoms with Crippen molar-refractivity contribution in [3.05, 3.63) is 64.7 Å². The predicted octanol–water partition coefficient (Wildman–Crippen LogP) is 3.02. The van der Waals surface area contributed by atoms with Gasteiger partial charge in [-0.3, -0.25) is 4.79 Å². The topological polar surface area (TPSA) is 66.5 Å². The zero-order valence-electron chi connectivity index (χ0n) is 15.3. The van der Waals surface area contributed by atoms with Gasteiger partial charge in [0, 0.05) is 36.2 Å². The molecule has 148 valence electrons. The van der Waals surface area contributed by atoms with Crippen LogP contribution in [0.4, 0.5) is 14.5 Å². The summed E-state index contributed by atoms with van der Waals surface area (Å²) in [5.74, 6) is -2.46. The highest BCUT2D eigenvalue weighted by atomic mass is 32.2. The summed E-state index contributed by atoms with van der Waals surface area (Å²) in [7, 11) is -3.28. The minimum Gasteiger partial charge on any atom is -0.326 e. The van der Waals surface area contributed by atoms with Crippen molar-refractivity contribution in [2.24, 2.45) is 5.92 Å². The average molecular weight is 406 g/mol. The molecule has 0 radical (unpaired) electrons. The average Bonchev–Trinajstić information content (AvgIpc) is 3.41. The Labute approximate surface area is 162 Å². The van der Waals surface area contributed by atoms with Gasteiger partial charge in [-0.1, -0.05) is 18.2 Å². The lowest BCUT2D eigenvalue weighted by atomic mass is 9.99. The maximum absolute atomic E-state index is 13.9. The van der Waals surface area contributed by atoms with E-state index in [4.69, 9.17) is 0 Å². The van der Waals surface area contributed by atoms with Crippen molar-refractivity contribution in [3.8, 4) is 0 Å². The first-order chi connectivity index (χ1) is 13.3. The van der Waals surface area contributed by atoms with Crippen molar-refractivity contribution in [2.45, 2.75) is 25.3 Å². The third-order valence-electron chi connectivity index (χ3n) is 5.46. The third kappa shape index (κ3) is 3.54. The van der Waals surface area contributed by atoms with Crippen LogP contribution in [0.25, 0.3) is 0 Å². The van der Waals surface area contributed by atoms with E-state index in [0.29, 0.717) is 25.1 Å². The molecule has 2 aromatic carbocycles. The third-order valence-corrected chi connectivity index (χ3v) is 6.71. The standard InChI is InChI=1S/C20H20F2N2O3S/c1-28(26,27)24-9-8-13-12(11-24)4-2-7-18(13)23-20(25)15-10-14(15)19-16(21)5-3-6-17(19)22/h2-7,14-15H,8-11H2,1H3,(H,23,25). The van der Waals surface area contributed by atoms with Gasteiger partial charge in [-0.25, -0.2) is 17.2 Å². The summed E-state index contributed by atoms with van der Waals surface area (Å²) in [6, 6.07) is 9.09. The number of benzene rings is 2. The van der Waals surface area contributed by atoms with Crippen LogP contribution in [0, 0.1) is 17.6 Å². The van der Waals surface area contributed by atoms with Crippen LogP contribution < -0.4 is 5.32 Å². The molecule has 1 aliphatic heterocycles. The Balaban J connectivity index is 1.50. The highest BCUT2D eigenvalue weighted by Crippen LogP contribution is 2.49. The number of sulfonamides is 1. The van der Waals surface area contributed by atoms with E-state index in [1.807, 2.05) is 6.07 Å². The summed E-state index contributed by atoms with van der Waals surface area (Å²) in [4.78, 5) is 12.6. The summed E-state index contributed by atoms with van der Waals surface area (Å²) in [6.07, 6.45) is 2.08. The lowest BCUT2D eigenvalue weighted by Crippen LogP contribution is -2.35. The minimum atomic E-state index is -3.28. The summed E-state index contributed by atoms with van der Waals surface area (Å²) in [6.45, 7) is 0.621. The van der Waals surface area contributed by atoms with Crippen LogP contribution in [0.3, 0.4) is 0 Å². The number of halogens is 2. The molecule has 0 aromatic heterocycles. The van der Waals surface area contributed by atoms with E-state index in [1.165, 1.54) is 28.8 Å². The molecule has 0 spiro atoms. The van der Waals surface area contributed by atoms with Gasteiger partial charge in [0.15, 0.2) is 0 Å². The van der Waals surface area contributed by atoms with Crippen LogP contribution in [0.15, 0.2) is 36.4 Å². The minimum absolute atomic E-state index is 0.0264. The van der Waals surface area contributed by atoms with Crippen molar-refractivity contribution in [3.63, 3.8) is 0 Å². The second kappa shape index (κ2) is 6.93. The fourth-order valence-corrected chi connectivity index (χ4v) is 4.67. The molecule has 1 N–H and O–H groups in total.